The van der Waals surface area contributed by atoms with Gasteiger partial charge in [-0.3, -0.25) is 4.79 Å². The van der Waals surface area contributed by atoms with Crippen molar-refractivity contribution < 1.29 is 14.4 Å². The van der Waals surface area contributed by atoms with Crippen molar-refractivity contribution in [3.05, 3.63) is 23.7 Å². The molecule has 114 valence electrons. The summed E-state index contributed by atoms with van der Waals surface area (Å²) >= 11 is 0. The van der Waals surface area contributed by atoms with Crippen molar-refractivity contribution in [3.8, 4) is 11.5 Å². The van der Waals surface area contributed by atoms with Crippen LogP contribution < -0.4 is 0 Å². The molecule has 0 spiro atoms. The van der Waals surface area contributed by atoms with Gasteiger partial charge >= 0.3 is 5.97 Å². The van der Waals surface area contributed by atoms with Crippen LogP contribution in [0.2, 0.25) is 0 Å². The first-order valence-electron chi connectivity index (χ1n) is 6.73. The van der Waals surface area contributed by atoms with Crippen LogP contribution in [0.3, 0.4) is 0 Å². The molecule has 1 atom stereocenters. The highest BCUT2D eigenvalue weighted by molar-refractivity contribution is 5.69. The van der Waals surface area contributed by atoms with Crippen LogP contribution >= 0.6 is 0 Å². The molecule has 0 bridgehead atoms. The van der Waals surface area contributed by atoms with E-state index in [9.17, 15) is 4.79 Å². The standard InChI is InChI=1S/C14H20N4O3/c1-9(14(19)20)7-12-15-13(16-21-12)11-6-5-10(18(11)4)8-17(2)3/h5-6,9H,7-8H2,1-4H3,(H,19,20). The monoisotopic (exact) mass is 292 g/mol. The molecule has 7 heteroatoms. The van der Waals surface area contributed by atoms with Crippen LogP contribution in [-0.4, -0.2) is 44.8 Å². The lowest BCUT2D eigenvalue weighted by atomic mass is 10.1. The lowest BCUT2D eigenvalue weighted by molar-refractivity contribution is -0.141. The number of nitrogens with zero attached hydrogens (tertiary/aromatic N) is 4. The molecule has 0 radical (unpaired) electrons. The molecule has 1 unspecified atom stereocenters. The topological polar surface area (TPSA) is 84.4 Å². The Morgan fingerprint density at radius 3 is 2.81 bits per heavy atom. The van der Waals surface area contributed by atoms with Crippen molar-refractivity contribution in [2.45, 2.75) is 19.9 Å². The number of hydrogen-bond acceptors (Lipinski definition) is 5. The van der Waals surface area contributed by atoms with E-state index in [1.54, 1.807) is 6.92 Å². The van der Waals surface area contributed by atoms with E-state index in [0.29, 0.717) is 11.7 Å². The molecule has 0 saturated carbocycles. The zero-order valence-electron chi connectivity index (χ0n) is 12.7. The molecule has 0 fully saturated rings. The first kappa shape index (κ1) is 15.2. The number of aliphatic carboxylic acids is 1. The minimum absolute atomic E-state index is 0.233. The molecular formula is C14H20N4O3. The molecule has 0 aliphatic carbocycles. The number of hydrogen-bond donors (Lipinski definition) is 1. The molecular weight excluding hydrogens is 272 g/mol. The second-order valence-electron chi connectivity index (χ2n) is 5.46. The summed E-state index contributed by atoms with van der Waals surface area (Å²) in [4.78, 5) is 17.2. The minimum Gasteiger partial charge on any atom is -0.481 e. The van der Waals surface area contributed by atoms with Gasteiger partial charge in [-0.1, -0.05) is 12.1 Å². The molecule has 0 aliphatic heterocycles. The Bertz CT molecular complexity index is 630. The third kappa shape index (κ3) is 3.49. The lowest BCUT2D eigenvalue weighted by Gasteiger charge is -2.11. The number of carboxylic acid groups (broad SMARTS) is 1. The van der Waals surface area contributed by atoms with Crippen LogP contribution in [-0.2, 0) is 24.8 Å². The second-order valence-corrected chi connectivity index (χ2v) is 5.46. The van der Waals surface area contributed by atoms with Gasteiger partial charge in [-0.15, -0.1) is 0 Å². The van der Waals surface area contributed by atoms with E-state index in [1.807, 2.05) is 37.8 Å². The first-order valence-corrected chi connectivity index (χ1v) is 6.73. The number of aromatic nitrogens is 3. The Hall–Kier alpha value is -2.15. The SMILES string of the molecule is CC(Cc1nc(-c2ccc(CN(C)C)n2C)no1)C(=O)O. The van der Waals surface area contributed by atoms with Crippen LogP contribution in [0.1, 0.15) is 18.5 Å². The van der Waals surface area contributed by atoms with E-state index < -0.39 is 11.9 Å². The third-order valence-corrected chi connectivity index (χ3v) is 3.30. The first-order chi connectivity index (χ1) is 9.88. The highest BCUT2D eigenvalue weighted by Crippen LogP contribution is 2.20. The van der Waals surface area contributed by atoms with Gasteiger partial charge in [-0.05, 0) is 26.2 Å². The average Bonchev–Trinajstić information content (AvgIpc) is 2.97. The van der Waals surface area contributed by atoms with Gasteiger partial charge in [0.15, 0.2) is 0 Å². The fourth-order valence-electron chi connectivity index (χ4n) is 2.05. The maximum atomic E-state index is 10.8. The van der Waals surface area contributed by atoms with Crippen molar-refractivity contribution in [1.82, 2.24) is 19.6 Å². The zero-order chi connectivity index (χ0) is 15.6. The summed E-state index contributed by atoms with van der Waals surface area (Å²) in [6.45, 7) is 2.43. The molecule has 2 aromatic heterocycles. The Labute approximate surface area is 123 Å². The van der Waals surface area contributed by atoms with Gasteiger partial charge in [-0.2, -0.15) is 4.98 Å². The van der Waals surface area contributed by atoms with E-state index in [0.717, 1.165) is 17.9 Å². The fourth-order valence-corrected chi connectivity index (χ4v) is 2.05. The number of carbonyl (C=O) groups is 1. The molecule has 0 saturated heterocycles. The molecule has 2 aromatic rings. The van der Waals surface area contributed by atoms with E-state index in [4.69, 9.17) is 9.63 Å². The Morgan fingerprint density at radius 1 is 1.48 bits per heavy atom. The van der Waals surface area contributed by atoms with E-state index in [-0.39, 0.29) is 6.42 Å². The van der Waals surface area contributed by atoms with Crippen LogP contribution in [0.25, 0.3) is 11.5 Å². The maximum absolute atomic E-state index is 10.8. The van der Waals surface area contributed by atoms with Gasteiger partial charge in [-0.25, -0.2) is 0 Å². The van der Waals surface area contributed by atoms with Crippen molar-refractivity contribution in [2.24, 2.45) is 13.0 Å². The summed E-state index contributed by atoms with van der Waals surface area (Å²) in [7, 11) is 5.96. The van der Waals surface area contributed by atoms with Crippen LogP contribution in [0, 0.1) is 5.92 Å². The van der Waals surface area contributed by atoms with Crippen molar-refractivity contribution in [1.29, 1.82) is 0 Å². The van der Waals surface area contributed by atoms with Gasteiger partial charge in [0.25, 0.3) is 0 Å². The average molecular weight is 292 g/mol. The third-order valence-electron chi connectivity index (χ3n) is 3.30. The zero-order valence-corrected chi connectivity index (χ0v) is 12.7. The maximum Gasteiger partial charge on any atom is 0.306 e. The Morgan fingerprint density at radius 2 is 2.19 bits per heavy atom. The van der Waals surface area contributed by atoms with Crippen molar-refractivity contribution in [3.63, 3.8) is 0 Å². The smallest absolute Gasteiger partial charge is 0.306 e. The summed E-state index contributed by atoms with van der Waals surface area (Å²) in [6, 6.07) is 3.96. The summed E-state index contributed by atoms with van der Waals surface area (Å²) < 4.78 is 7.15. The minimum atomic E-state index is -0.873. The van der Waals surface area contributed by atoms with Gasteiger partial charge in [0, 0.05) is 25.7 Å². The fraction of sp³-hybridized carbons (Fsp3) is 0.500. The number of rotatable bonds is 6. The second kappa shape index (κ2) is 6.09. The van der Waals surface area contributed by atoms with Gasteiger partial charge in [0.2, 0.25) is 11.7 Å². The van der Waals surface area contributed by atoms with Crippen LogP contribution in [0.4, 0.5) is 0 Å². The van der Waals surface area contributed by atoms with E-state index in [2.05, 4.69) is 15.0 Å². The molecule has 0 aliphatic rings. The van der Waals surface area contributed by atoms with Crippen molar-refractivity contribution in [2.75, 3.05) is 14.1 Å². The predicted molar refractivity (Wildman–Crippen MR) is 76.6 cm³/mol. The lowest BCUT2D eigenvalue weighted by Crippen LogP contribution is -2.13. The van der Waals surface area contributed by atoms with Gasteiger partial charge in [0.1, 0.15) is 0 Å². The van der Waals surface area contributed by atoms with Gasteiger partial charge in [0.05, 0.1) is 11.6 Å². The molecule has 0 aromatic carbocycles. The summed E-state index contributed by atoms with van der Waals surface area (Å²) in [5.74, 6) is -0.594. The van der Waals surface area contributed by atoms with E-state index in [1.165, 1.54) is 0 Å². The number of carboxylic acids is 1. The largest absolute Gasteiger partial charge is 0.481 e. The summed E-state index contributed by atoms with van der Waals surface area (Å²) in [5, 5.41) is 12.8. The predicted octanol–water partition coefficient (Wildman–Crippen LogP) is 1.40. The van der Waals surface area contributed by atoms with Crippen molar-refractivity contribution >= 4 is 5.97 Å². The molecule has 2 rings (SSSR count). The Balaban J connectivity index is 2.18. The Kier molecular flexibility index (Phi) is 4.42. The molecule has 21 heavy (non-hydrogen) atoms. The summed E-state index contributed by atoms with van der Waals surface area (Å²) in [5.41, 5.74) is 1.99. The quantitative estimate of drug-likeness (QED) is 0.866. The highest BCUT2D eigenvalue weighted by atomic mass is 16.5. The molecule has 7 nitrogen and oxygen atoms in total. The van der Waals surface area contributed by atoms with Crippen LogP contribution in [0.5, 0.6) is 0 Å². The highest BCUT2D eigenvalue weighted by Gasteiger charge is 2.18. The van der Waals surface area contributed by atoms with E-state index >= 15 is 0 Å². The molecule has 2 heterocycles. The molecule has 0 amide bonds. The normalized spacial score (nSPS) is 12.8. The summed E-state index contributed by atoms with van der Waals surface area (Å²) in [6.07, 6.45) is 0.233. The van der Waals surface area contributed by atoms with Gasteiger partial charge < -0.3 is 19.1 Å². The molecule has 1 N–H and O–H groups in total. The van der Waals surface area contributed by atoms with Crippen LogP contribution in [0.15, 0.2) is 16.7 Å².